The Balaban J connectivity index is 1.53. The maximum atomic E-state index is 9.25. The van der Waals surface area contributed by atoms with E-state index in [-0.39, 0.29) is 5.41 Å². The van der Waals surface area contributed by atoms with E-state index >= 15 is 0 Å². The highest BCUT2D eigenvalue weighted by Crippen LogP contribution is 2.66. The van der Waals surface area contributed by atoms with E-state index in [0.717, 1.165) is 54.1 Å². The lowest BCUT2D eigenvalue weighted by atomic mass is 9.48. The number of allylic oxidation sites excluding steroid dienone is 4. The van der Waals surface area contributed by atoms with Crippen LogP contribution in [-0.4, -0.2) is 10.9 Å². The average molecular weight is 398 g/mol. The maximum Gasteiger partial charge on any atom is 0.0799 e. The van der Waals surface area contributed by atoms with Gasteiger partial charge in [0.05, 0.1) is 5.71 Å². The summed E-state index contributed by atoms with van der Waals surface area (Å²) in [6, 6.07) is 0. The molecular weight excluding hydrogens is 354 g/mol. The molecule has 7 atom stereocenters. The lowest BCUT2D eigenvalue weighted by molar-refractivity contribution is -0.0247. The predicted octanol–water partition coefficient (Wildman–Crippen LogP) is 7.63. The molecule has 29 heavy (non-hydrogen) atoms. The lowest BCUT2D eigenvalue weighted by Crippen LogP contribution is -2.49. The highest BCUT2D eigenvalue weighted by molar-refractivity contribution is 5.96. The van der Waals surface area contributed by atoms with Gasteiger partial charge in [-0.05, 0) is 96.5 Å². The zero-order chi connectivity index (χ0) is 20.8. The Labute approximate surface area is 178 Å². The summed E-state index contributed by atoms with van der Waals surface area (Å²) in [6.45, 7) is 12.4. The molecule has 2 nitrogen and oxygen atoms in total. The third-order valence-corrected chi connectivity index (χ3v) is 9.86. The molecule has 2 heteroatoms. The summed E-state index contributed by atoms with van der Waals surface area (Å²) in [5, 5.41) is 12.8. The largest absolute Gasteiger partial charge is 0.411 e. The van der Waals surface area contributed by atoms with Crippen molar-refractivity contribution in [3.8, 4) is 0 Å². The Kier molecular flexibility index (Phi) is 5.77. The van der Waals surface area contributed by atoms with Crippen LogP contribution in [0, 0.1) is 46.3 Å². The molecule has 4 aliphatic rings. The fourth-order valence-corrected chi connectivity index (χ4v) is 8.11. The second kappa shape index (κ2) is 7.89. The van der Waals surface area contributed by atoms with E-state index in [1.54, 1.807) is 0 Å². The van der Waals surface area contributed by atoms with Gasteiger partial charge in [-0.25, -0.2) is 0 Å². The Morgan fingerprint density at radius 2 is 1.86 bits per heavy atom. The average Bonchev–Trinajstić information content (AvgIpc) is 3.04. The molecule has 0 saturated heterocycles. The summed E-state index contributed by atoms with van der Waals surface area (Å²) < 4.78 is 0. The van der Waals surface area contributed by atoms with Crippen LogP contribution in [0.25, 0.3) is 0 Å². The van der Waals surface area contributed by atoms with E-state index < -0.39 is 0 Å². The van der Waals surface area contributed by atoms with E-state index in [0.29, 0.717) is 5.41 Å². The van der Waals surface area contributed by atoms with Crippen molar-refractivity contribution in [3.63, 3.8) is 0 Å². The third kappa shape index (κ3) is 3.53. The van der Waals surface area contributed by atoms with Gasteiger partial charge in [0.25, 0.3) is 0 Å². The van der Waals surface area contributed by atoms with Crippen molar-refractivity contribution in [3.05, 3.63) is 23.8 Å². The van der Waals surface area contributed by atoms with Gasteiger partial charge in [-0.2, -0.15) is 0 Å². The maximum absolute atomic E-state index is 9.25. The second-order valence-electron chi connectivity index (χ2n) is 11.8. The molecule has 2 saturated carbocycles. The molecular formula is C27H43NO. The van der Waals surface area contributed by atoms with Gasteiger partial charge in [0.2, 0.25) is 0 Å². The number of oxime groups is 1. The minimum Gasteiger partial charge on any atom is -0.411 e. The summed E-state index contributed by atoms with van der Waals surface area (Å²) in [4.78, 5) is 0. The van der Waals surface area contributed by atoms with E-state index in [1.807, 2.05) is 0 Å². The van der Waals surface area contributed by atoms with Crippen LogP contribution in [0.1, 0.15) is 92.4 Å². The SMILES string of the molecule is CC(C)CCC[C@@H](C)[C@H]1CC[C@H]2[C@@H]3C=CC4=CC(=NO)CC[C@]4(C)[C@H]3CC[C@]12C. The molecule has 1 N–H and O–H groups in total. The molecule has 0 amide bonds. The van der Waals surface area contributed by atoms with E-state index in [1.165, 1.54) is 50.5 Å². The van der Waals surface area contributed by atoms with Crippen LogP contribution in [0.4, 0.5) is 0 Å². The molecule has 0 radical (unpaired) electrons. The molecule has 0 aromatic rings. The predicted molar refractivity (Wildman–Crippen MR) is 122 cm³/mol. The van der Waals surface area contributed by atoms with E-state index in [9.17, 15) is 5.21 Å². The van der Waals surface area contributed by atoms with Crippen LogP contribution in [0.15, 0.2) is 29.0 Å². The Hall–Kier alpha value is -1.05. The monoisotopic (exact) mass is 397 g/mol. The first kappa shape index (κ1) is 21.2. The minimum absolute atomic E-state index is 0.274. The normalized spacial score (nSPS) is 43.7. The van der Waals surface area contributed by atoms with Gasteiger partial charge in [0.15, 0.2) is 0 Å². The van der Waals surface area contributed by atoms with Crippen LogP contribution >= 0.6 is 0 Å². The van der Waals surface area contributed by atoms with Gasteiger partial charge in [0.1, 0.15) is 0 Å². The fourth-order valence-electron chi connectivity index (χ4n) is 8.11. The highest BCUT2D eigenvalue weighted by Gasteiger charge is 2.58. The van der Waals surface area contributed by atoms with Crippen LogP contribution in [-0.2, 0) is 0 Å². The Morgan fingerprint density at radius 3 is 2.59 bits per heavy atom. The summed E-state index contributed by atoms with van der Waals surface area (Å²) >= 11 is 0. The molecule has 4 aliphatic carbocycles. The van der Waals surface area contributed by atoms with E-state index in [4.69, 9.17) is 0 Å². The quantitative estimate of drug-likeness (QED) is 0.375. The molecule has 0 unspecified atom stereocenters. The van der Waals surface area contributed by atoms with Crippen LogP contribution in [0.5, 0.6) is 0 Å². The number of nitrogens with zero attached hydrogens (tertiary/aromatic N) is 1. The standard InChI is InChI=1S/C27H43NO/c1-18(2)7-6-8-19(3)23-11-12-24-22-10-9-20-17-21(28-29)13-15-26(20,4)25(22)14-16-27(23,24)5/h9-10,17-19,22-25,29H,6-8,11-16H2,1-5H3/t19-,22+,23-,24+,25+,26+,27-/m1/s1. The first-order valence-electron chi connectivity index (χ1n) is 12.4. The first-order chi connectivity index (χ1) is 13.8. The zero-order valence-corrected chi connectivity index (χ0v) is 19.5. The smallest absolute Gasteiger partial charge is 0.0799 e. The molecule has 0 aromatic carbocycles. The van der Waals surface area contributed by atoms with Crippen molar-refractivity contribution in [2.24, 2.45) is 51.5 Å². The zero-order valence-electron chi connectivity index (χ0n) is 19.5. The summed E-state index contributed by atoms with van der Waals surface area (Å²) in [5.41, 5.74) is 3.08. The number of hydrogen-bond donors (Lipinski definition) is 1. The Morgan fingerprint density at radius 1 is 1.07 bits per heavy atom. The molecule has 0 aliphatic heterocycles. The summed E-state index contributed by atoms with van der Waals surface area (Å²) in [7, 11) is 0. The van der Waals surface area contributed by atoms with Crippen molar-refractivity contribution in [1.82, 2.24) is 0 Å². The molecule has 0 aromatic heterocycles. The van der Waals surface area contributed by atoms with E-state index in [2.05, 4.69) is 58.0 Å². The van der Waals surface area contributed by atoms with Crippen LogP contribution in [0.3, 0.4) is 0 Å². The van der Waals surface area contributed by atoms with Crippen LogP contribution < -0.4 is 0 Å². The van der Waals surface area contributed by atoms with Crippen LogP contribution in [0.2, 0.25) is 0 Å². The summed E-state index contributed by atoms with van der Waals surface area (Å²) in [6.07, 6.45) is 19.1. The Bertz CT molecular complexity index is 703. The van der Waals surface area contributed by atoms with Gasteiger partial charge in [0, 0.05) is 0 Å². The molecule has 4 rings (SSSR count). The molecule has 162 valence electrons. The van der Waals surface area contributed by atoms with Gasteiger partial charge in [-0.15, -0.1) is 0 Å². The molecule has 0 spiro atoms. The minimum atomic E-state index is 0.274. The van der Waals surface area contributed by atoms with Crippen molar-refractivity contribution in [2.45, 2.75) is 92.4 Å². The number of rotatable bonds is 5. The topological polar surface area (TPSA) is 32.6 Å². The van der Waals surface area contributed by atoms with Crippen molar-refractivity contribution in [1.29, 1.82) is 0 Å². The van der Waals surface area contributed by atoms with Gasteiger partial charge < -0.3 is 5.21 Å². The van der Waals surface area contributed by atoms with Crippen molar-refractivity contribution in [2.75, 3.05) is 0 Å². The third-order valence-electron chi connectivity index (χ3n) is 9.86. The summed E-state index contributed by atoms with van der Waals surface area (Å²) in [5.74, 6) is 5.01. The van der Waals surface area contributed by atoms with Gasteiger partial charge in [-0.3, -0.25) is 0 Å². The molecule has 0 heterocycles. The molecule has 0 bridgehead atoms. The van der Waals surface area contributed by atoms with Gasteiger partial charge in [-0.1, -0.05) is 71.2 Å². The number of hydrogen-bond acceptors (Lipinski definition) is 2. The molecule has 2 fully saturated rings. The van der Waals surface area contributed by atoms with Crippen molar-refractivity contribution < 1.29 is 5.21 Å². The van der Waals surface area contributed by atoms with Gasteiger partial charge >= 0.3 is 0 Å². The lowest BCUT2D eigenvalue weighted by Gasteiger charge is -2.56. The van der Waals surface area contributed by atoms with Crippen molar-refractivity contribution >= 4 is 5.71 Å². The first-order valence-corrected chi connectivity index (χ1v) is 12.4. The highest BCUT2D eigenvalue weighted by atomic mass is 16.4. The number of fused-ring (bicyclic) bond motifs is 5. The second-order valence-corrected chi connectivity index (χ2v) is 11.8. The fraction of sp³-hybridized carbons (Fsp3) is 0.815.